The van der Waals surface area contributed by atoms with Crippen LogP contribution < -0.4 is 10.9 Å². The number of rotatable bonds is 7. The Labute approximate surface area is 172 Å². The standard InChI is InChI=1S/C22H22FN3O2S/c1-14-3-5-16(6-4-14)12-24-20(27)11-19-15(2)25-22(26-21(19)28)29-13-17-7-9-18(23)10-8-17/h3-10H,11-13H2,1-2H3,(H,24,27)(H,25,26,28). The number of H-pyrrole nitrogens is 1. The fourth-order valence-corrected chi connectivity index (χ4v) is 3.59. The van der Waals surface area contributed by atoms with Gasteiger partial charge in [0.25, 0.3) is 5.56 Å². The van der Waals surface area contributed by atoms with E-state index in [1.807, 2.05) is 31.2 Å². The third-order valence-corrected chi connectivity index (χ3v) is 5.38. The van der Waals surface area contributed by atoms with Crippen LogP contribution in [0.2, 0.25) is 0 Å². The summed E-state index contributed by atoms with van der Waals surface area (Å²) in [5.74, 6) is 0.0396. The molecule has 0 radical (unpaired) electrons. The quantitative estimate of drug-likeness (QED) is 0.459. The Morgan fingerprint density at radius 3 is 2.38 bits per heavy atom. The van der Waals surface area contributed by atoms with Crippen molar-refractivity contribution in [1.82, 2.24) is 15.3 Å². The molecule has 1 aromatic heterocycles. The average Bonchev–Trinajstić information content (AvgIpc) is 2.70. The first-order valence-corrected chi connectivity index (χ1v) is 10.2. The molecule has 5 nitrogen and oxygen atoms in total. The Morgan fingerprint density at radius 1 is 1.07 bits per heavy atom. The van der Waals surface area contributed by atoms with Crippen LogP contribution in [0.15, 0.2) is 58.5 Å². The number of carbonyl (C=O) groups excluding carboxylic acids is 1. The van der Waals surface area contributed by atoms with Crippen molar-refractivity contribution in [1.29, 1.82) is 0 Å². The highest BCUT2D eigenvalue weighted by molar-refractivity contribution is 7.98. The van der Waals surface area contributed by atoms with Gasteiger partial charge in [0, 0.05) is 23.6 Å². The zero-order valence-corrected chi connectivity index (χ0v) is 17.1. The van der Waals surface area contributed by atoms with E-state index in [0.717, 1.165) is 16.7 Å². The summed E-state index contributed by atoms with van der Waals surface area (Å²) in [5.41, 5.74) is 3.66. The minimum absolute atomic E-state index is 0.0249. The van der Waals surface area contributed by atoms with Crippen LogP contribution >= 0.6 is 11.8 Å². The van der Waals surface area contributed by atoms with Crippen LogP contribution in [0.4, 0.5) is 4.39 Å². The highest BCUT2D eigenvalue weighted by atomic mass is 32.2. The predicted octanol–water partition coefficient (Wildman–Crippen LogP) is 3.68. The summed E-state index contributed by atoms with van der Waals surface area (Å²) in [6.45, 7) is 4.14. The first kappa shape index (κ1) is 20.8. The zero-order valence-electron chi connectivity index (χ0n) is 16.3. The van der Waals surface area contributed by atoms with Crippen molar-refractivity contribution in [3.8, 4) is 0 Å². The molecule has 7 heteroatoms. The topological polar surface area (TPSA) is 74.8 Å². The monoisotopic (exact) mass is 411 g/mol. The maximum atomic E-state index is 13.0. The number of aryl methyl sites for hydroxylation is 2. The van der Waals surface area contributed by atoms with Crippen LogP contribution in [0.25, 0.3) is 0 Å². The average molecular weight is 412 g/mol. The first-order valence-electron chi connectivity index (χ1n) is 9.20. The number of thioether (sulfide) groups is 1. The van der Waals surface area contributed by atoms with Gasteiger partial charge in [-0.2, -0.15) is 0 Å². The van der Waals surface area contributed by atoms with Crippen molar-refractivity contribution in [2.24, 2.45) is 0 Å². The Bertz CT molecular complexity index is 1050. The molecular formula is C22H22FN3O2S. The number of benzene rings is 2. The summed E-state index contributed by atoms with van der Waals surface area (Å²) in [6.07, 6.45) is -0.0249. The molecule has 0 fully saturated rings. The molecule has 0 bridgehead atoms. The van der Waals surface area contributed by atoms with Crippen LogP contribution in [0.3, 0.4) is 0 Å². The molecule has 150 valence electrons. The third kappa shape index (κ3) is 6.02. The van der Waals surface area contributed by atoms with Gasteiger partial charge in [-0.05, 0) is 37.1 Å². The largest absolute Gasteiger partial charge is 0.352 e. The molecule has 0 spiro atoms. The summed E-state index contributed by atoms with van der Waals surface area (Å²) in [7, 11) is 0. The van der Waals surface area contributed by atoms with E-state index in [4.69, 9.17) is 0 Å². The van der Waals surface area contributed by atoms with Crippen LogP contribution in [-0.4, -0.2) is 15.9 Å². The number of aromatic amines is 1. The second kappa shape index (κ2) is 9.52. The number of carbonyl (C=O) groups is 1. The summed E-state index contributed by atoms with van der Waals surface area (Å²) in [6, 6.07) is 14.1. The molecule has 0 aliphatic rings. The molecule has 0 atom stereocenters. The molecule has 0 aliphatic heterocycles. The van der Waals surface area contributed by atoms with E-state index in [-0.39, 0.29) is 23.7 Å². The van der Waals surface area contributed by atoms with Gasteiger partial charge in [0.1, 0.15) is 5.82 Å². The number of nitrogens with one attached hydrogen (secondary N) is 2. The van der Waals surface area contributed by atoms with Gasteiger partial charge in [0.15, 0.2) is 5.16 Å². The van der Waals surface area contributed by atoms with E-state index < -0.39 is 0 Å². The summed E-state index contributed by atoms with van der Waals surface area (Å²) in [5, 5.41) is 3.30. The van der Waals surface area contributed by atoms with Gasteiger partial charge < -0.3 is 10.3 Å². The smallest absolute Gasteiger partial charge is 0.255 e. The van der Waals surface area contributed by atoms with E-state index in [1.165, 1.54) is 23.9 Å². The van der Waals surface area contributed by atoms with Gasteiger partial charge in [-0.3, -0.25) is 9.59 Å². The minimum atomic E-state index is -0.315. The Kier molecular flexibility index (Phi) is 6.82. The van der Waals surface area contributed by atoms with Gasteiger partial charge in [-0.15, -0.1) is 0 Å². The molecule has 0 saturated carbocycles. The molecule has 0 saturated heterocycles. The second-order valence-electron chi connectivity index (χ2n) is 6.79. The number of aromatic nitrogens is 2. The maximum Gasteiger partial charge on any atom is 0.255 e. The normalized spacial score (nSPS) is 10.7. The van der Waals surface area contributed by atoms with Crippen molar-refractivity contribution in [3.05, 3.63) is 92.6 Å². The molecule has 29 heavy (non-hydrogen) atoms. The molecule has 0 unspecified atom stereocenters. The number of hydrogen-bond acceptors (Lipinski definition) is 4. The van der Waals surface area contributed by atoms with E-state index in [1.54, 1.807) is 19.1 Å². The van der Waals surface area contributed by atoms with Crippen molar-refractivity contribution >= 4 is 17.7 Å². The number of nitrogens with zero attached hydrogens (tertiary/aromatic N) is 1. The second-order valence-corrected chi connectivity index (χ2v) is 7.75. The molecule has 3 aromatic rings. The summed E-state index contributed by atoms with van der Waals surface area (Å²) < 4.78 is 13.0. The fourth-order valence-electron chi connectivity index (χ4n) is 2.72. The van der Waals surface area contributed by atoms with E-state index in [9.17, 15) is 14.0 Å². The SMILES string of the molecule is Cc1ccc(CNC(=O)Cc2c(C)nc(SCc3ccc(F)cc3)[nH]c2=O)cc1. The molecule has 1 amide bonds. The molecule has 0 aliphatic carbocycles. The van der Waals surface area contributed by atoms with Gasteiger partial charge in [0.2, 0.25) is 5.91 Å². The van der Waals surface area contributed by atoms with E-state index in [2.05, 4.69) is 15.3 Å². The van der Waals surface area contributed by atoms with Gasteiger partial charge in [0.05, 0.1) is 6.42 Å². The molecule has 3 rings (SSSR count). The van der Waals surface area contributed by atoms with Crippen LogP contribution in [0, 0.1) is 19.7 Å². The lowest BCUT2D eigenvalue weighted by Crippen LogP contribution is -2.28. The Balaban J connectivity index is 1.59. The fraction of sp³-hybridized carbons (Fsp3) is 0.227. The van der Waals surface area contributed by atoms with Crippen molar-refractivity contribution in [3.63, 3.8) is 0 Å². The van der Waals surface area contributed by atoms with Crippen LogP contribution in [-0.2, 0) is 23.5 Å². The van der Waals surface area contributed by atoms with E-state index >= 15 is 0 Å². The number of amides is 1. The molecular weight excluding hydrogens is 389 g/mol. The molecule has 1 heterocycles. The zero-order chi connectivity index (χ0) is 20.8. The van der Waals surface area contributed by atoms with Crippen LogP contribution in [0.1, 0.15) is 27.9 Å². The van der Waals surface area contributed by atoms with Crippen molar-refractivity contribution in [2.75, 3.05) is 0 Å². The van der Waals surface area contributed by atoms with Gasteiger partial charge in [-0.1, -0.05) is 53.7 Å². The lowest BCUT2D eigenvalue weighted by atomic mass is 10.1. The molecule has 2 N–H and O–H groups in total. The van der Waals surface area contributed by atoms with E-state index in [0.29, 0.717) is 28.7 Å². The number of hydrogen-bond donors (Lipinski definition) is 2. The van der Waals surface area contributed by atoms with Gasteiger partial charge >= 0.3 is 0 Å². The Hall–Kier alpha value is -2.93. The lowest BCUT2D eigenvalue weighted by molar-refractivity contribution is -0.120. The molecule has 2 aromatic carbocycles. The highest BCUT2D eigenvalue weighted by Gasteiger charge is 2.13. The van der Waals surface area contributed by atoms with Gasteiger partial charge in [-0.25, -0.2) is 9.37 Å². The Morgan fingerprint density at radius 2 is 1.72 bits per heavy atom. The van der Waals surface area contributed by atoms with Crippen molar-refractivity contribution < 1.29 is 9.18 Å². The number of halogens is 1. The lowest BCUT2D eigenvalue weighted by Gasteiger charge is -2.08. The van der Waals surface area contributed by atoms with Crippen LogP contribution in [0.5, 0.6) is 0 Å². The maximum absolute atomic E-state index is 13.0. The third-order valence-electron chi connectivity index (χ3n) is 4.44. The predicted molar refractivity (Wildman–Crippen MR) is 112 cm³/mol. The summed E-state index contributed by atoms with van der Waals surface area (Å²) >= 11 is 1.35. The van der Waals surface area contributed by atoms with Crippen molar-refractivity contribution in [2.45, 2.75) is 37.7 Å². The minimum Gasteiger partial charge on any atom is -0.352 e. The summed E-state index contributed by atoms with van der Waals surface area (Å²) in [4.78, 5) is 31.8. The highest BCUT2D eigenvalue weighted by Crippen LogP contribution is 2.19. The first-order chi connectivity index (χ1) is 13.9.